The third kappa shape index (κ3) is 5.65. The van der Waals surface area contributed by atoms with E-state index in [9.17, 15) is 14.7 Å². The van der Waals surface area contributed by atoms with Crippen molar-refractivity contribution in [2.45, 2.75) is 32.4 Å². The SMILES string of the molecule is Cc1ccc(C(=O)N[C@H](CO)COCc2ccccc2)cc1NC(=O)C1CC1. The molecule has 0 saturated heterocycles. The Balaban J connectivity index is 1.55. The number of aliphatic hydroxyl groups is 1. The van der Waals surface area contributed by atoms with Crippen LogP contribution in [0.5, 0.6) is 0 Å². The van der Waals surface area contributed by atoms with Crippen LogP contribution < -0.4 is 10.6 Å². The van der Waals surface area contributed by atoms with Crippen molar-refractivity contribution in [3.05, 3.63) is 65.2 Å². The van der Waals surface area contributed by atoms with Crippen LogP contribution in [0.3, 0.4) is 0 Å². The molecule has 0 radical (unpaired) electrons. The molecule has 0 bridgehead atoms. The van der Waals surface area contributed by atoms with Gasteiger partial charge in [0.2, 0.25) is 5.91 Å². The minimum Gasteiger partial charge on any atom is -0.394 e. The average molecular weight is 382 g/mol. The Labute approximate surface area is 164 Å². The lowest BCUT2D eigenvalue weighted by atomic mass is 10.1. The number of hydrogen-bond acceptors (Lipinski definition) is 4. The van der Waals surface area contributed by atoms with E-state index in [-0.39, 0.29) is 30.9 Å². The van der Waals surface area contributed by atoms with Gasteiger partial charge in [0.05, 0.1) is 25.9 Å². The maximum Gasteiger partial charge on any atom is 0.251 e. The molecule has 6 heteroatoms. The first-order chi connectivity index (χ1) is 13.6. The first-order valence-electron chi connectivity index (χ1n) is 9.51. The molecular formula is C22H26N2O4. The fourth-order valence-corrected chi connectivity index (χ4v) is 2.78. The fourth-order valence-electron chi connectivity index (χ4n) is 2.78. The van der Waals surface area contributed by atoms with Crippen molar-refractivity contribution in [3.8, 4) is 0 Å². The summed E-state index contributed by atoms with van der Waals surface area (Å²) in [4.78, 5) is 24.6. The van der Waals surface area contributed by atoms with Gasteiger partial charge in [-0.15, -0.1) is 0 Å². The molecule has 1 fully saturated rings. The van der Waals surface area contributed by atoms with Crippen molar-refractivity contribution in [2.75, 3.05) is 18.5 Å². The largest absolute Gasteiger partial charge is 0.394 e. The molecule has 2 amide bonds. The summed E-state index contributed by atoms with van der Waals surface area (Å²) in [6, 6.07) is 14.4. The number of hydrogen-bond donors (Lipinski definition) is 3. The lowest BCUT2D eigenvalue weighted by Gasteiger charge is -2.17. The molecule has 0 spiro atoms. The topological polar surface area (TPSA) is 87.7 Å². The van der Waals surface area contributed by atoms with Gasteiger partial charge in [0, 0.05) is 17.2 Å². The van der Waals surface area contributed by atoms with Crippen LogP contribution in [0.15, 0.2) is 48.5 Å². The Morgan fingerprint density at radius 3 is 2.61 bits per heavy atom. The van der Waals surface area contributed by atoms with Crippen molar-refractivity contribution >= 4 is 17.5 Å². The number of nitrogens with one attached hydrogen (secondary N) is 2. The zero-order valence-electron chi connectivity index (χ0n) is 16.0. The highest BCUT2D eigenvalue weighted by Gasteiger charge is 2.29. The Morgan fingerprint density at radius 2 is 1.93 bits per heavy atom. The van der Waals surface area contributed by atoms with E-state index in [0.717, 1.165) is 24.0 Å². The van der Waals surface area contributed by atoms with E-state index >= 15 is 0 Å². The zero-order chi connectivity index (χ0) is 19.9. The third-order valence-electron chi connectivity index (χ3n) is 4.69. The lowest BCUT2D eigenvalue weighted by Crippen LogP contribution is -2.40. The molecule has 2 aromatic carbocycles. The lowest BCUT2D eigenvalue weighted by molar-refractivity contribution is -0.117. The highest BCUT2D eigenvalue weighted by molar-refractivity contribution is 5.98. The fraction of sp³-hybridized carbons (Fsp3) is 0.364. The smallest absolute Gasteiger partial charge is 0.251 e. The predicted octanol–water partition coefficient (Wildman–Crippen LogP) is 2.65. The van der Waals surface area contributed by atoms with E-state index in [1.54, 1.807) is 18.2 Å². The van der Waals surface area contributed by atoms with E-state index in [1.807, 2.05) is 37.3 Å². The van der Waals surface area contributed by atoms with Crippen LogP contribution in [0, 0.1) is 12.8 Å². The number of aryl methyl sites for hydroxylation is 1. The first-order valence-corrected chi connectivity index (χ1v) is 9.51. The molecule has 28 heavy (non-hydrogen) atoms. The van der Waals surface area contributed by atoms with Crippen LogP contribution >= 0.6 is 0 Å². The molecule has 6 nitrogen and oxygen atoms in total. The summed E-state index contributed by atoms with van der Waals surface area (Å²) in [6.45, 7) is 2.28. The van der Waals surface area contributed by atoms with Gasteiger partial charge < -0.3 is 20.5 Å². The van der Waals surface area contributed by atoms with Gasteiger partial charge in [0.1, 0.15) is 0 Å². The molecule has 2 aromatic rings. The van der Waals surface area contributed by atoms with Gasteiger partial charge in [-0.2, -0.15) is 0 Å². The molecule has 148 valence electrons. The highest BCUT2D eigenvalue weighted by atomic mass is 16.5. The van der Waals surface area contributed by atoms with Crippen LogP contribution in [0.25, 0.3) is 0 Å². The standard InChI is InChI=1S/C22H26N2O4/c1-15-7-8-18(11-20(15)24-21(26)17-9-10-17)22(27)23-19(12-25)14-28-13-16-5-3-2-4-6-16/h2-8,11,17,19,25H,9-10,12-14H2,1H3,(H,23,27)(H,24,26)/t19-/m1/s1. The van der Waals surface area contributed by atoms with E-state index in [4.69, 9.17) is 4.74 Å². The second kappa shape index (κ2) is 9.48. The van der Waals surface area contributed by atoms with Crippen molar-refractivity contribution in [1.82, 2.24) is 5.32 Å². The second-order valence-electron chi connectivity index (χ2n) is 7.15. The summed E-state index contributed by atoms with van der Waals surface area (Å²) >= 11 is 0. The van der Waals surface area contributed by atoms with Gasteiger partial charge in [-0.1, -0.05) is 36.4 Å². The summed E-state index contributed by atoms with van der Waals surface area (Å²) in [5.41, 5.74) is 3.00. The first kappa shape index (κ1) is 20.0. The normalized spacial score (nSPS) is 14.4. The minimum absolute atomic E-state index is 0.00297. The Hall–Kier alpha value is -2.70. The van der Waals surface area contributed by atoms with Gasteiger partial charge >= 0.3 is 0 Å². The van der Waals surface area contributed by atoms with Gasteiger partial charge in [-0.3, -0.25) is 9.59 Å². The molecular weight excluding hydrogens is 356 g/mol. The van der Waals surface area contributed by atoms with Crippen LogP contribution in [0.2, 0.25) is 0 Å². The quantitative estimate of drug-likeness (QED) is 0.622. The predicted molar refractivity (Wildman–Crippen MR) is 107 cm³/mol. The minimum atomic E-state index is -0.512. The van der Waals surface area contributed by atoms with Gasteiger partial charge in [0.15, 0.2) is 0 Å². The maximum absolute atomic E-state index is 12.6. The number of carbonyl (C=O) groups is 2. The molecule has 1 aliphatic rings. The maximum atomic E-state index is 12.6. The van der Waals surface area contributed by atoms with Crippen LogP contribution in [-0.4, -0.2) is 36.2 Å². The van der Waals surface area contributed by atoms with Crippen LogP contribution in [-0.2, 0) is 16.1 Å². The molecule has 3 N–H and O–H groups in total. The number of rotatable bonds is 9. The highest BCUT2D eigenvalue weighted by Crippen LogP contribution is 2.30. The molecule has 1 aliphatic carbocycles. The van der Waals surface area contributed by atoms with Crippen LogP contribution in [0.4, 0.5) is 5.69 Å². The molecule has 1 saturated carbocycles. The van der Waals surface area contributed by atoms with E-state index in [1.165, 1.54) is 0 Å². The molecule has 3 rings (SSSR count). The van der Waals surface area contributed by atoms with Gasteiger partial charge in [-0.05, 0) is 43.0 Å². The number of anilines is 1. The van der Waals surface area contributed by atoms with E-state index < -0.39 is 6.04 Å². The second-order valence-corrected chi connectivity index (χ2v) is 7.15. The summed E-state index contributed by atoms with van der Waals surface area (Å²) in [5, 5.41) is 15.2. The molecule has 0 unspecified atom stereocenters. The van der Waals surface area contributed by atoms with E-state index in [2.05, 4.69) is 10.6 Å². The number of amides is 2. The van der Waals surface area contributed by atoms with Crippen molar-refractivity contribution < 1.29 is 19.4 Å². The number of benzene rings is 2. The molecule has 0 aliphatic heterocycles. The average Bonchev–Trinajstić information content (AvgIpc) is 3.55. The molecule has 0 aromatic heterocycles. The van der Waals surface area contributed by atoms with Crippen molar-refractivity contribution in [1.29, 1.82) is 0 Å². The number of ether oxygens (including phenoxy) is 1. The zero-order valence-corrected chi connectivity index (χ0v) is 16.0. The summed E-state index contributed by atoms with van der Waals surface area (Å²) in [7, 11) is 0. The van der Waals surface area contributed by atoms with E-state index in [0.29, 0.717) is 17.9 Å². The summed E-state index contributed by atoms with van der Waals surface area (Å²) in [6.07, 6.45) is 1.85. The van der Waals surface area contributed by atoms with Crippen molar-refractivity contribution in [3.63, 3.8) is 0 Å². The van der Waals surface area contributed by atoms with Crippen molar-refractivity contribution in [2.24, 2.45) is 5.92 Å². The number of carbonyl (C=O) groups excluding carboxylic acids is 2. The molecule has 0 heterocycles. The monoisotopic (exact) mass is 382 g/mol. The van der Waals surface area contributed by atoms with Crippen LogP contribution in [0.1, 0.15) is 34.3 Å². The Bertz CT molecular complexity index is 819. The number of aliphatic hydroxyl groups excluding tert-OH is 1. The Kier molecular flexibility index (Phi) is 6.79. The van der Waals surface area contributed by atoms with Gasteiger partial charge in [0.25, 0.3) is 5.91 Å². The molecule has 1 atom stereocenters. The third-order valence-corrected chi connectivity index (χ3v) is 4.69. The summed E-state index contributed by atoms with van der Waals surface area (Å²) in [5.74, 6) is -0.218. The summed E-state index contributed by atoms with van der Waals surface area (Å²) < 4.78 is 5.61. The van der Waals surface area contributed by atoms with Gasteiger partial charge in [-0.25, -0.2) is 0 Å². The Morgan fingerprint density at radius 1 is 1.18 bits per heavy atom.